The van der Waals surface area contributed by atoms with E-state index in [-0.39, 0.29) is 27.4 Å². The summed E-state index contributed by atoms with van der Waals surface area (Å²) >= 11 is 12.3. The van der Waals surface area contributed by atoms with Crippen LogP contribution in [0.3, 0.4) is 0 Å². The summed E-state index contributed by atoms with van der Waals surface area (Å²) in [6, 6.07) is 21.5. The van der Waals surface area contributed by atoms with Crippen LogP contribution in [0, 0.1) is 0 Å². The van der Waals surface area contributed by atoms with Crippen molar-refractivity contribution in [1.29, 1.82) is 0 Å². The van der Waals surface area contributed by atoms with Crippen molar-refractivity contribution in [2.75, 3.05) is 13.1 Å². The van der Waals surface area contributed by atoms with Crippen molar-refractivity contribution in [2.24, 2.45) is 0 Å². The topological polar surface area (TPSA) is 73.5 Å². The zero-order chi connectivity index (χ0) is 26.6. The van der Waals surface area contributed by atoms with Gasteiger partial charge in [0.2, 0.25) is 15.9 Å². The van der Waals surface area contributed by atoms with E-state index in [4.69, 9.17) is 23.2 Å². The molecule has 4 rings (SSSR count). The summed E-state index contributed by atoms with van der Waals surface area (Å²) in [6.45, 7) is 3.95. The zero-order valence-electron chi connectivity index (χ0n) is 20.7. The maximum Gasteiger partial charge on any atom is 0.245 e. The number of H-pyrrole nitrogens is 1. The summed E-state index contributed by atoms with van der Waals surface area (Å²) in [6.07, 6.45) is 2.58. The largest absolute Gasteiger partial charge is 0.361 e. The maximum absolute atomic E-state index is 13.7. The van der Waals surface area contributed by atoms with E-state index in [9.17, 15) is 13.2 Å². The smallest absolute Gasteiger partial charge is 0.245 e. The van der Waals surface area contributed by atoms with E-state index in [2.05, 4.69) is 4.98 Å². The van der Waals surface area contributed by atoms with E-state index in [1.54, 1.807) is 18.7 Å². The van der Waals surface area contributed by atoms with E-state index in [0.717, 1.165) is 22.0 Å². The van der Waals surface area contributed by atoms with Gasteiger partial charge >= 0.3 is 0 Å². The number of para-hydroxylation sites is 1. The molecule has 0 radical (unpaired) electrons. The number of benzene rings is 3. The maximum atomic E-state index is 13.7. The minimum atomic E-state index is -4.08. The number of aromatic nitrogens is 1. The number of carbonyl (C=O) groups excluding carboxylic acids is 1. The SMILES string of the molecule is CC(C)N(CC(=O)N(CCc1c[nH]c2ccccc12)Cc1ccccc1)S(=O)(=O)c1cc(Cl)ccc1Cl. The van der Waals surface area contributed by atoms with Gasteiger partial charge in [-0.05, 0) is 55.7 Å². The first kappa shape index (κ1) is 27.2. The predicted molar refractivity (Wildman–Crippen MR) is 149 cm³/mol. The Kier molecular flexibility index (Phi) is 8.60. The van der Waals surface area contributed by atoms with Crippen molar-refractivity contribution >= 4 is 50.0 Å². The number of nitrogens with one attached hydrogen (secondary N) is 1. The summed E-state index contributed by atoms with van der Waals surface area (Å²) in [5.41, 5.74) is 3.10. The van der Waals surface area contributed by atoms with Crippen molar-refractivity contribution in [2.45, 2.75) is 37.8 Å². The van der Waals surface area contributed by atoms with Crippen LogP contribution in [0.2, 0.25) is 10.0 Å². The highest BCUT2D eigenvalue weighted by atomic mass is 35.5. The number of fused-ring (bicyclic) bond motifs is 1. The van der Waals surface area contributed by atoms with Gasteiger partial charge in [0.25, 0.3) is 0 Å². The molecule has 4 aromatic rings. The lowest BCUT2D eigenvalue weighted by molar-refractivity contribution is -0.132. The first-order chi connectivity index (χ1) is 17.7. The van der Waals surface area contributed by atoms with Gasteiger partial charge in [0, 0.05) is 41.3 Å². The van der Waals surface area contributed by atoms with Gasteiger partial charge in [-0.3, -0.25) is 4.79 Å². The average molecular weight is 559 g/mol. The molecule has 0 saturated heterocycles. The second-order valence-electron chi connectivity index (χ2n) is 9.13. The van der Waals surface area contributed by atoms with Crippen LogP contribution in [0.15, 0.2) is 83.9 Å². The van der Waals surface area contributed by atoms with Gasteiger partial charge in [0.1, 0.15) is 4.90 Å². The molecular weight excluding hydrogens is 529 g/mol. The number of halogens is 2. The fourth-order valence-electron chi connectivity index (χ4n) is 4.27. The molecule has 0 unspecified atom stereocenters. The number of hydrogen-bond donors (Lipinski definition) is 1. The van der Waals surface area contributed by atoms with Crippen molar-refractivity contribution in [1.82, 2.24) is 14.2 Å². The number of sulfonamides is 1. The molecule has 0 aliphatic carbocycles. The average Bonchev–Trinajstić information content (AvgIpc) is 3.29. The van der Waals surface area contributed by atoms with Crippen LogP contribution in [-0.2, 0) is 27.8 Å². The summed E-state index contributed by atoms with van der Waals surface area (Å²) in [5.74, 6) is -0.292. The van der Waals surface area contributed by atoms with E-state index in [0.29, 0.717) is 19.5 Å². The van der Waals surface area contributed by atoms with Gasteiger partial charge in [-0.2, -0.15) is 4.31 Å². The normalized spacial score (nSPS) is 11.9. The third kappa shape index (κ3) is 6.36. The standard InChI is InChI=1S/C28H29Cl2N3O3S/c1-20(2)33(37(35,36)27-16-23(29)12-13-25(27)30)19-28(34)32(18-21-8-4-3-5-9-21)15-14-22-17-31-26-11-7-6-10-24(22)26/h3-13,16-17,20,31H,14-15,18-19H2,1-2H3. The molecule has 1 heterocycles. The number of amides is 1. The Labute approximate surface area is 227 Å². The molecule has 6 nitrogen and oxygen atoms in total. The monoisotopic (exact) mass is 557 g/mol. The van der Waals surface area contributed by atoms with Crippen LogP contribution in [0.5, 0.6) is 0 Å². The Morgan fingerprint density at radius 1 is 0.973 bits per heavy atom. The molecule has 0 aliphatic heterocycles. The summed E-state index contributed by atoms with van der Waals surface area (Å²) in [7, 11) is -4.08. The van der Waals surface area contributed by atoms with E-state index < -0.39 is 16.1 Å². The second kappa shape index (κ2) is 11.7. The molecule has 1 aromatic heterocycles. The number of aromatic amines is 1. The van der Waals surface area contributed by atoms with Crippen molar-refractivity contribution in [3.05, 3.63) is 100 Å². The first-order valence-electron chi connectivity index (χ1n) is 12.0. The number of nitrogens with zero attached hydrogens (tertiary/aromatic N) is 2. The summed E-state index contributed by atoms with van der Waals surface area (Å²) < 4.78 is 28.3. The second-order valence-corrected chi connectivity index (χ2v) is 11.8. The lowest BCUT2D eigenvalue weighted by atomic mass is 10.1. The fourth-order valence-corrected chi connectivity index (χ4v) is 6.59. The Morgan fingerprint density at radius 3 is 2.41 bits per heavy atom. The third-order valence-corrected chi connectivity index (χ3v) is 8.98. The fraction of sp³-hybridized carbons (Fsp3) is 0.250. The van der Waals surface area contributed by atoms with Crippen molar-refractivity contribution in [3.63, 3.8) is 0 Å². The molecule has 0 fully saturated rings. The molecule has 0 atom stereocenters. The molecular formula is C28H29Cl2N3O3S. The Hall–Kier alpha value is -2.84. The molecule has 0 saturated carbocycles. The summed E-state index contributed by atoms with van der Waals surface area (Å²) in [4.78, 5) is 18.5. The van der Waals surface area contributed by atoms with Gasteiger partial charge < -0.3 is 9.88 Å². The molecule has 9 heteroatoms. The number of rotatable bonds is 10. The Morgan fingerprint density at radius 2 is 1.68 bits per heavy atom. The quantitative estimate of drug-likeness (QED) is 0.254. The van der Waals surface area contributed by atoms with Crippen LogP contribution in [0.1, 0.15) is 25.0 Å². The van der Waals surface area contributed by atoms with Gasteiger partial charge in [0.05, 0.1) is 11.6 Å². The van der Waals surface area contributed by atoms with Gasteiger partial charge in [-0.15, -0.1) is 0 Å². The van der Waals surface area contributed by atoms with E-state index in [1.807, 2.05) is 60.8 Å². The number of carbonyl (C=O) groups is 1. The molecule has 194 valence electrons. The van der Waals surface area contributed by atoms with Gasteiger partial charge in [0.15, 0.2) is 0 Å². The van der Waals surface area contributed by atoms with Gasteiger partial charge in [-0.1, -0.05) is 71.7 Å². The number of hydrogen-bond acceptors (Lipinski definition) is 3. The van der Waals surface area contributed by atoms with Crippen LogP contribution in [-0.4, -0.2) is 47.6 Å². The van der Waals surface area contributed by atoms with Crippen molar-refractivity contribution in [3.8, 4) is 0 Å². The molecule has 3 aromatic carbocycles. The van der Waals surface area contributed by atoms with Crippen LogP contribution in [0.25, 0.3) is 10.9 Å². The minimum absolute atomic E-state index is 0.0583. The van der Waals surface area contributed by atoms with Gasteiger partial charge in [-0.25, -0.2) is 8.42 Å². The Bertz CT molecular complexity index is 1490. The molecule has 1 amide bonds. The molecule has 0 spiro atoms. The molecule has 0 bridgehead atoms. The van der Waals surface area contributed by atoms with E-state index >= 15 is 0 Å². The third-order valence-electron chi connectivity index (χ3n) is 6.24. The highest BCUT2D eigenvalue weighted by Crippen LogP contribution is 2.29. The molecule has 0 aliphatic rings. The van der Waals surface area contributed by atoms with Crippen LogP contribution >= 0.6 is 23.2 Å². The Balaban J connectivity index is 1.60. The van der Waals surface area contributed by atoms with Crippen LogP contribution in [0.4, 0.5) is 0 Å². The van der Waals surface area contributed by atoms with Crippen LogP contribution < -0.4 is 0 Å². The zero-order valence-corrected chi connectivity index (χ0v) is 23.0. The summed E-state index contributed by atoms with van der Waals surface area (Å²) in [5, 5.41) is 1.42. The predicted octanol–water partition coefficient (Wildman–Crippen LogP) is 6.15. The first-order valence-corrected chi connectivity index (χ1v) is 14.2. The van der Waals surface area contributed by atoms with E-state index in [1.165, 1.54) is 22.5 Å². The molecule has 1 N–H and O–H groups in total. The highest BCUT2D eigenvalue weighted by molar-refractivity contribution is 7.89. The lowest BCUT2D eigenvalue weighted by Gasteiger charge is -2.30. The lowest BCUT2D eigenvalue weighted by Crippen LogP contribution is -2.46. The highest BCUT2D eigenvalue weighted by Gasteiger charge is 2.32. The minimum Gasteiger partial charge on any atom is -0.361 e. The molecule has 37 heavy (non-hydrogen) atoms. The van der Waals surface area contributed by atoms with Crippen molar-refractivity contribution < 1.29 is 13.2 Å².